The average Bonchev–Trinajstić information content (AvgIpc) is 3.41. The molecule has 10 heteroatoms. The number of hydrogen-bond acceptors (Lipinski definition) is 4. The number of alkyl halides is 3. The summed E-state index contributed by atoms with van der Waals surface area (Å²) in [5.41, 5.74) is -0.869. The predicted octanol–water partition coefficient (Wildman–Crippen LogP) is 3.51. The van der Waals surface area contributed by atoms with Crippen molar-refractivity contribution in [1.29, 1.82) is 5.26 Å². The highest BCUT2D eigenvalue weighted by Gasteiger charge is 2.49. The van der Waals surface area contributed by atoms with Crippen molar-refractivity contribution in [2.45, 2.75) is 31.5 Å². The lowest BCUT2D eigenvalue weighted by atomic mass is 9.76. The maximum Gasteiger partial charge on any atom is 0.417 e. The third-order valence-corrected chi connectivity index (χ3v) is 7.27. The van der Waals surface area contributed by atoms with Gasteiger partial charge < -0.3 is 19.3 Å². The van der Waals surface area contributed by atoms with Gasteiger partial charge in [-0.25, -0.2) is 0 Å². The van der Waals surface area contributed by atoms with Crippen molar-refractivity contribution in [3.05, 3.63) is 53.3 Å². The van der Waals surface area contributed by atoms with Gasteiger partial charge in [-0.2, -0.15) is 18.4 Å². The van der Waals surface area contributed by atoms with Crippen molar-refractivity contribution in [1.82, 2.24) is 14.4 Å². The van der Waals surface area contributed by atoms with Gasteiger partial charge in [0, 0.05) is 52.7 Å². The van der Waals surface area contributed by atoms with Crippen LogP contribution in [0.1, 0.15) is 40.9 Å². The van der Waals surface area contributed by atoms with Gasteiger partial charge in [0.05, 0.1) is 17.2 Å². The van der Waals surface area contributed by atoms with Crippen molar-refractivity contribution in [3.8, 4) is 6.07 Å². The number of halogens is 3. The van der Waals surface area contributed by atoms with Crippen LogP contribution in [0.2, 0.25) is 0 Å². The summed E-state index contributed by atoms with van der Waals surface area (Å²) in [6.45, 7) is 1.44. The minimum Gasteiger partial charge on any atom is -0.359 e. The maximum absolute atomic E-state index is 13.6. The van der Waals surface area contributed by atoms with Gasteiger partial charge in [0.1, 0.15) is 11.7 Å². The van der Waals surface area contributed by atoms with Crippen LogP contribution in [0.5, 0.6) is 0 Å². The first-order valence-electron chi connectivity index (χ1n) is 11.5. The van der Waals surface area contributed by atoms with Crippen LogP contribution < -0.4 is 4.90 Å². The number of aryl methyl sites for hydroxylation is 1. The number of likely N-dealkylation sites (tertiary alicyclic amines) is 1. The Bertz CT molecular complexity index is 1170. The molecule has 0 bridgehead atoms. The molecule has 35 heavy (non-hydrogen) atoms. The summed E-state index contributed by atoms with van der Waals surface area (Å²) in [5, 5.41) is 9.15. The first kappa shape index (κ1) is 24.6. The van der Waals surface area contributed by atoms with Crippen LogP contribution in [-0.2, 0) is 18.0 Å². The van der Waals surface area contributed by atoms with Gasteiger partial charge in [-0.05, 0) is 55.0 Å². The molecule has 0 aliphatic carbocycles. The van der Waals surface area contributed by atoms with E-state index in [-0.39, 0.29) is 22.9 Å². The van der Waals surface area contributed by atoms with Gasteiger partial charge in [-0.3, -0.25) is 9.59 Å². The molecule has 2 saturated heterocycles. The molecule has 2 fully saturated rings. The topological polar surface area (TPSA) is 72.6 Å². The zero-order valence-electron chi connectivity index (χ0n) is 20.0. The number of amides is 2. The molecule has 1 aromatic carbocycles. The monoisotopic (exact) mass is 487 g/mol. The zero-order valence-corrected chi connectivity index (χ0v) is 20.0. The Morgan fingerprint density at radius 1 is 1.17 bits per heavy atom. The minimum absolute atomic E-state index is 0.0509. The molecule has 1 atom stereocenters. The number of aromatic nitrogens is 1. The van der Waals surface area contributed by atoms with E-state index < -0.39 is 23.3 Å². The molecular weight excluding hydrogens is 459 g/mol. The zero-order chi connectivity index (χ0) is 25.5. The Morgan fingerprint density at radius 2 is 1.86 bits per heavy atom. The summed E-state index contributed by atoms with van der Waals surface area (Å²) in [7, 11) is 5.08. The second kappa shape index (κ2) is 8.95. The lowest BCUT2D eigenvalue weighted by molar-refractivity contribution is -0.137. The van der Waals surface area contributed by atoms with E-state index in [0.29, 0.717) is 44.6 Å². The minimum atomic E-state index is -4.68. The Morgan fingerprint density at radius 3 is 2.40 bits per heavy atom. The third kappa shape index (κ3) is 4.59. The number of anilines is 1. The summed E-state index contributed by atoms with van der Waals surface area (Å²) in [6.07, 6.45) is -1.06. The summed E-state index contributed by atoms with van der Waals surface area (Å²) in [4.78, 5) is 31.0. The molecule has 2 amide bonds. The highest BCUT2D eigenvalue weighted by atomic mass is 19.4. The SMILES string of the molecule is CN(C)C(=O)C1CC2(CCN(C(=O)c3cccn3C)CC2)CN1c1ccc(C#N)c(C(F)(F)F)c1. The van der Waals surface area contributed by atoms with Crippen LogP contribution in [0.3, 0.4) is 0 Å². The molecule has 0 N–H and O–H groups in total. The van der Waals surface area contributed by atoms with Gasteiger partial charge in [0.25, 0.3) is 5.91 Å². The number of nitrogens with zero attached hydrogens (tertiary/aromatic N) is 5. The quantitative estimate of drug-likeness (QED) is 0.665. The number of rotatable bonds is 3. The fourth-order valence-corrected chi connectivity index (χ4v) is 5.28. The van der Waals surface area contributed by atoms with Crippen molar-refractivity contribution in [2.24, 2.45) is 12.5 Å². The Balaban J connectivity index is 1.60. The Labute approximate surface area is 202 Å². The average molecular weight is 488 g/mol. The highest BCUT2D eigenvalue weighted by Crippen LogP contribution is 2.46. The molecule has 2 aliphatic rings. The highest BCUT2D eigenvalue weighted by molar-refractivity contribution is 5.93. The second-order valence-corrected chi connectivity index (χ2v) is 9.72. The number of likely N-dealkylation sites (N-methyl/N-ethyl adjacent to an activating group) is 1. The molecule has 186 valence electrons. The molecule has 2 aliphatic heterocycles. The molecule has 0 radical (unpaired) electrons. The molecule has 3 heterocycles. The molecule has 1 spiro atoms. The van der Waals surface area contributed by atoms with Crippen molar-refractivity contribution in [3.63, 3.8) is 0 Å². The number of hydrogen-bond donors (Lipinski definition) is 0. The number of nitriles is 1. The van der Waals surface area contributed by atoms with Gasteiger partial charge in [0.2, 0.25) is 5.91 Å². The molecular formula is C25H28F3N5O2. The van der Waals surface area contributed by atoms with Crippen LogP contribution in [0.4, 0.5) is 18.9 Å². The van der Waals surface area contributed by atoms with Crippen molar-refractivity contribution >= 4 is 17.5 Å². The van der Waals surface area contributed by atoms with Crippen LogP contribution in [0, 0.1) is 16.7 Å². The van der Waals surface area contributed by atoms with Crippen LogP contribution in [0.25, 0.3) is 0 Å². The van der Waals surface area contributed by atoms with E-state index in [1.54, 1.807) is 40.6 Å². The van der Waals surface area contributed by atoms with Gasteiger partial charge in [0.15, 0.2) is 0 Å². The molecule has 7 nitrogen and oxygen atoms in total. The van der Waals surface area contributed by atoms with Gasteiger partial charge in [-0.15, -0.1) is 0 Å². The van der Waals surface area contributed by atoms with Crippen LogP contribution in [0.15, 0.2) is 36.5 Å². The second-order valence-electron chi connectivity index (χ2n) is 9.72. The predicted molar refractivity (Wildman–Crippen MR) is 124 cm³/mol. The van der Waals surface area contributed by atoms with E-state index in [9.17, 15) is 22.8 Å². The van der Waals surface area contributed by atoms with E-state index in [4.69, 9.17) is 5.26 Å². The largest absolute Gasteiger partial charge is 0.417 e. The molecule has 0 saturated carbocycles. The number of piperidine rings is 1. The van der Waals surface area contributed by atoms with E-state index >= 15 is 0 Å². The standard InChI is InChI=1S/C25H28F3N5O2/c1-30(2)22(34)21-14-24(8-11-32(12-9-24)23(35)20-5-4-10-31(20)3)16-33(21)18-7-6-17(15-29)19(13-18)25(26,27)28/h4-7,10,13,21H,8-9,11-12,14,16H2,1-3H3. The van der Waals surface area contributed by atoms with Gasteiger partial charge >= 0.3 is 6.18 Å². The fourth-order valence-electron chi connectivity index (χ4n) is 5.28. The molecule has 1 aromatic heterocycles. The summed E-state index contributed by atoms with van der Waals surface area (Å²) >= 11 is 0. The van der Waals surface area contributed by atoms with E-state index in [1.165, 1.54) is 17.0 Å². The van der Waals surface area contributed by atoms with Gasteiger partial charge in [-0.1, -0.05) is 0 Å². The maximum atomic E-state index is 13.6. The van der Waals surface area contributed by atoms with Crippen molar-refractivity contribution in [2.75, 3.05) is 38.6 Å². The summed E-state index contributed by atoms with van der Waals surface area (Å²) in [6, 6.07) is 8.21. The van der Waals surface area contributed by atoms with Crippen LogP contribution >= 0.6 is 0 Å². The lowest BCUT2D eigenvalue weighted by Crippen LogP contribution is -2.44. The number of carbonyl (C=O) groups is 2. The lowest BCUT2D eigenvalue weighted by Gasteiger charge is -2.39. The first-order valence-corrected chi connectivity index (χ1v) is 11.5. The van der Waals surface area contributed by atoms with E-state index in [0.717, 1.165) is 6.07 Å². The third-order valence-electron chi connectivity index (χ3n) is 7.27. The Hall–Kier alpha value is -3.48. The Kier molecular flexibility index (Phi) is 6.30. The molecule has 1 unspecified atom stereocenters. The fraction of sp³-hybridized carbons (Fsp3) is 0.480. The number of carbonyl (C=O) groups excluding carboxylic acids is 2. The molecule has 2 aromatic rings. The van der Waals surface area contributed by atoms with E-state index in [2.05, 4.69) is 0 Å². The normalized spacial score (nSPS) is 19.6. The smallest absolute Gasteiger partial charge is 0.359 e. The molecule has 4 rings (SSSR count). The summed E-state index contributed by atoms with van der Waals surface area (Å²) in [5.74, 6) is -0.229. The number of benzene rings is 1. The first-order chi connectivity index (χ1) is 16.5. The van der Waals surface area contributed by atoms with Crippen molar-refractivity contribution < 1.29 is 22.8 Å². The van der Waals surface area contributed by atoms with E-state index in [1.807, 2.05) is 19.3 Å². The van der Waals surface area contributed by atoms with Crippen LogP contribution in [-0.4, -0.2) is 66.0 Å². The summed E-state index contributed by atoms with van der Waals surface area (Å²) < 4.78 is 42.6.